The Morgan fingerprint density at radius 2 is 2.00 bits per heavy atom. The molecular formula is C17H27N3O3S2. The molecule has 0 aliphatic carbocycles. The largest absolute Gasteiger partial charge is 0.350 e. The Morgan fingerprint density at radius 3 is 2.72 bits per heavy atom. The third-order valence-corrected chi connectivity index (χ3v) is 8.16. The van der Waals surface area contributed by atoms with E-state index in [9.17, 15) is 13.2 Å². The molecule has 25 heavy (non-hydrogen) atoms. The molecule has 3 rings (SSSR count). The van der Waals surface area contributed by atoms with Gasteiger partial charge in [0.1, 0.15) is 9.77 Å². The van der Waals surface area contributed by atoms with Crippen LogP contribution in [0, 0.1) is 0 Å². The van der Waals surface area contributed by atoms with E-state index in [2.05, 4.69) is 17.1 Å². The SMILES string of the molecule is CCN1CCCC1CNC(=O)c1sccc1S(=O)(=O)N1CCCCC1. The van der Waals surface area contributed by atoms with E-state index >= 15 is 0 Å². The van der Waals surface area contributed by atoms with Gasteiger partial charge in [-0.2, -0.15) is 4.31 Å². The molecule has 0 spiro atoms. The first-order valence-electron chi connectivity index (χ1n) is 9.14. The lowest BCUT2D eigenvalue weighted by atomic mass is 10.2. The average Bonchev–Trinajstić information content (AvgIpc) is 3.29. The lowest BCUT2D eigenvalue weighted by Crippen LogP contribution is -2.40. The molecule has 0 bridgehead atoms. The molecule has 1 unspecified atom stereocenters. The molecule has 0 radical (unpaired) electrons. The molecule has 1 aromatic rings. The Balaban J connectivity index is 1.69. The highest BCUT2D eigenvalue weighted by atomic mass is 32.2. The van der Waals surface area contributed by atoms with Crippen LogP contribution in [0.2, 0.25) is 0 Å². The normalized spacial score (nSPS) is 23.0. The maximum Gasteiger partial charge on any atom is 0.262 e. The van der Waals surface area contributed by atoms with Crippen LogP contribution in [0.1, 0.15) is 48.7 Å². The number of thiophene rings is 1. The molecule has 0 saturated carbocycles. The number of likely N-dealkylation sites (N-methyl/N-ethyl adjacent to an activating group) is 1. The van der Waals surface area contributed by atoms with Gasteiger partial charge in [-0.05, 0) is 50.2 Å². The van der Waals surface area contributed by atoms with Gasteiger partial charge in [0.25, 0.3) is 5.91 Å². The van der Waals surface area contributed by atoms with Crippen LogP contribution in [-0.4, -0.2) is 62.3 Å². The maximum atomic E-state index is 12.9. The zero-order valence-corrected chi connectivity index (χ0v) is 16.4. The van der Waals surface area contributed by atoms with Crippen molar-refractivity contribution in [2.24, 2.45) is 0 Å². The fourth-order valence-electron chi connectivity index (χ4n) is 3.74. The summed E-state index contributed by atoms with van der Waals surface area (Å²) in [5.41, 5.74) is 0. The summed E-state index contributed by atoms with van der Waals surface area (Å²) in [7, 11) is -3.57. The van der Waals surface area contributed by atoms with Crippen LogP contribution in [0.5, 0.6) is 0 Å². The molecule has 1 N–H and O–H groups in total. The summed E-state index contributed by atoms with van der Waals surface area (Å²) in [5, 5.41) is 4.65. The molecule has 1 atom stereocenters. The van der Waals surface area contributed by atoms with Crippen LogP contribution in [0.25, 0.3) is 0 Å². The van der Waals surface area contributed by atoms with E-state index in [1.165, 1.54) is 15.6 Å². The molecule has 0 aromatic carbocycles. The second-order valence-corrected chi connectivity index (χ2v) is 9.54. The van der Waals surface area contributed by atoms with Gasteiger partial charge in [0, 0.05) is 25.7 Å². The Hall–Kier alpha value is -0.960. The lowest BCUT2D eigenvalue weighted by Gasteiger charge is -2.26. The number of carbonyl (C=O) groups excluding carboxylic acids is 1. The molecule has 8 heteroatoms. The molecule has 2 aliphatic heterocycles. The topological polar surface area (TPSA) is 69.7 Å². The third-order valence-electron chi connectivity index (χ3n) is 5.17. The standard InChI is InChI=1S/C17H27N3O3S2/c1-2-19-9-6-7-14(19)13-18-17(21)16-15(8-12-24-16)25(22,23)20-10-4-3-5-11-20/h8,12,14H,2-7,9-11,13H2,1H3,(H,18,21). The van der Waals surface area contributed by atoms with E-state index in [0.29, 0.717) is 30.6 Å². The molecule has 2 saturated heterocycles. The first kappa shape index (κ1) is 18.8. The van der Waals surface area contributed by atoms with Crippen molar-refractivity contribution in [2.75, 3.05) is 32.7 Å². The summed E-state index contributed by atoms with van der Waals surface area (Å²) in [4.78, 5) is 15.4. The fraction of sp³-hybridized carbons (Fsp3) is 0.706. The van der Waals surface area contributed by atoms with Crippen LogP contribution in [0.4, 0.5) is 0 Å². The summed E-state index contributed by atoms with van der Waals surface area (Å²) >= 11 is 1.21. The van der Waals surface area contributed by atoms with Crippen LogP contribution < -0.4 is 5.32 Å². The Kier molecular flexibility index (Phi) is 6.14. The van der Waals surface area contributed by atoms with Gasteiger partial charge in [-0.1, -0.05) is 13.3 Å². The van der Waals surface area contributed by atoms with Crippen molar-refractivity contribution < 1.29 is 13.2 Å². The van der Waals surface area contributed by atoms with Crippen LogP contribution >= 0.6 is 11.3 Å². The first-order valence-corrected chi connectivity index (χ1v) is 11.5. The van der Waals surface area contributed by atoms with Crippen molar-refractivity contribution in [3.05, 3.63) is 16.3 Å². The van der Waals surface area contributed by atoms with Crippen LogP contribution in [-0.2, 0) is 10.0 Å². The number of hydrogen-bond acceptors (Lipinski definition) is 5. The minimum atomic E-state index is -3.57. The van der Waals surface area contributed by atoms with E-state index < -0.39 is 10.0 Å². The number of sulfonamides is 1. The van der Waals surface area contributed by atoms with E-state index in [1.807, 2.05) is 0 Å². The van der Waals surface area contributed by atoms with Gasteiger partial charge >= 0.3 is 0 Å². The van der Waals surface area contributed by atoms with E-state index in [0.717, 1.165) is 45.2 Å². The average molecular weight is 386 g/mol. The van der Waals surface area contributed by atoms with Gasteiger partial charge < -0.3 is 5.32 Å². The predicted molar refractivity (Wildman–Crippen MR) is 99.5 cm³/mol. The highest BCUT2D eigenvalue weighted by Crippen LogP contribution is 2.27. The summed E-state index contributed by atoms with van der Waals surface area (Å²) in [6, 6.07) is 1.92. The zero-order valence-electron chi connectivity index (χ0n) is 14.7. The molecule has 1 aromatic heterocycles. The van der Waals surface area contributed by atoms with Gasteiger partial charge in [0.15, 0.2) is 0 Å². The minimum Gasteiger partial charge on any atom is -0.350 e. The summed E-state index contributed by atoms with van der Waals surface area (Å²) < 4.78 is 27.3. The molecule has 1 amide bonds. The quantitative estimate of drug-likeness (QED) is 0.814. The molecule has 2 fully saturated rings. The number of carbonyl (C=O) groups is 1. The highest BCUT2D eigenvalue weighted by Gasteiger charge is 2.31. The fourth-order valence-corrected chi connectivity index (χ4v) is 6.58. The summed E-state index contributed by atoms with van der Waals surface area (Å²) in [5.74, 6) is -0.270. The zero-order chi connectivity index (χ0) is 17.9. The number of amides is 1. The predicted octanol–water partition coefficient (Wildman–Crippen LogP) is 2.14. The van der Waals surface area contributed by atoms with Gasteiger partial charge in [-0.25, -0.2) is 8.42 Å². The number of nitrogens with one attached hydrogen (secondary N) is 1. The lowest BCUT2D eigenvalue weighted by molar-refractivity contribution is 0.0942. The third kappa shape index (κ3) is 4.07. The number of rotatable bonds is 6. The van der Waals surface area contributed by atoms with Crippen LogP contribution in [0.3, 0.4) is 0 Å². The molecular weight excluding hydrogens is 358 g/mol. The molecule has 2 aliphatic rings. The van der Waals surface area contributed by atoms with Crippen molar-refractivity contribution in [1.82, 2.24) is 14.5 Å². The summed E-state index contributed by atoms with van der Waals surface area (Å²) in [6.45, 7) is 5.86. The summed E-state index contributed by atoms with van der Waals surface area (Å²) in [6.07, 6.45) is 5.08. The smallest absolute Gasteiger partial charge is 0.262 e. The number of piperidine rings is 1. The molecule has 6 nitrogen and oxygen atoms in total. The van der Waals surface area contributed by atoms with Crippen molar-refractivity contribution in [1.29, 1.82) is 0 Å². The van der Waals surface area contributed by atoms with Gasteiger partial charge in [0.2, 0.25) is 10.0 Å². The number of hydrogen-bond donors (Lipinski definition) is 1. The second-order valence-electron chi connectivity index (χ2n) is 6.71. The first-order chi connectivity index (χ1) is 12.0. The van der Waals surface area contributed by atoms with Gasteiger partial charge in [0.05, 0.1) is 0 Å². The monoisotopic (exact) mass is 385 g/mol. The van der Waals surface area contributed by atoms with E-state index in [4.69, 9.17) is 0 Å². The molecule has 3 heterocycles. The maximum absolute atomic E-state index is 12.9. The van der Waals surface area contributed by atoms with Crippen LogP contribution in [0.15, 0.2) is 16.3 Å². The van der Waals surface area contributed by atoms with Crippen molar-refractivity contribution in [3.8, 4) is 0 Å². The van der Waals surface area contributed by atoms with Gasteiger partial charge in [-0.15, -0.1) is 11.3 Å². The Labute approximate surface area is 154 Å². The molecule has 140 valence electrons. The highest BCUT2D eigenvalue weighted by molar-refractivity contribution is 7.89. The van der Waals surface area contributed by atoms with E-state index in [-0.39, 0.29) is 10.8 Å². The second kappa shape index (κ2) is 8.16. The van der Waals surface area contributed by atoms with Gasteiger partial charge in [-0.3, -0.25) is 9.69 Å². The Morgan fingerprint density at radius 1 is 1.24 bits per heavy atom. The minimum absolute atomic E-state index is 0.163. The number of likely N-dealkylation sites (tertiary alicyclic amines) is 1. The number of nitrogens with zero attached hydrogens (tertiary/aromatic N) is 2. The van der Waals surface area contributed by atoms with Crippen molar-refractivity contribution in [3.63, 3.8) is 0 Å². The van der Waals surface area contributed by atoms with Crippen molar-refractivity contribution in [2.45, 2.75) is 50.0 Å². The van der Waals surface area contributed by atoms with E-state index in [1.54, 1.807) is 11.4 Å². The Bertz CT molecular complexity index is 696. The van der Waals surface area contributed by atoms with Crippen molar-refractivity contribution >= 4 is 27.3 Å².